The lowest BCUT2D eigenvalue weighted by Gasteiger charge is -2.12. The summed E-state index contributed by atoms with van der Waals surface area (Å²) in [5, 5.41) is 3.31. The van der Waals surface area contributed by atoms with Crippen molar-refractivity contribution < 1.29 is 4.74 Å². The van der Waals surface area contributed by atoms with Crippen LogP contribution in [-0.4, -0.2) is 31.6 Å². The average Bonchev–Trinajstić information content (AvgIpc) is 3.43. The topological polar surface area (TPSA) is 77.8 Å². The Morgan fingerprint density at radius 1 is 1.06 bits per heavy atom. The molecule has 2 aromatic carbocycles. The lowest BCUT2D eigenvalue weighted by molar-refractivity contribution is 0.413. The zero-order valence-corrected chi connectivity index (χ0v) is 17.9. The van der Waals surface area contributed by atoms with Crippen LogP contribution in [0.5, 0.6) is 5.75 Å². The number of aryl methyl sites for hydroxylation is 1. The third-order valence-corrected chi connectivity index (χ3v) is 5.77. The minimum absolute atomic E-state index is 0.512. The first kappa shape index (κ1) is 19.2. The fourth-order valence-corrected chi connectivity index (χ4v) is 4.15. The number of aromatic nitrogens is 5. The van der Waals surface area contributed by atoms with E-state index in [1.807, 2.05) is 59.6 Å². The molecule has 5 rings (SSSR count). The highest BCUT2D eigenvalue weighted by Crippen LogP contribution is 2.29. The van der Waals surface area contributed by atoms with Gasteiger partial charge in [0.1, 0.15) is 5.75 Å². The molecule has 8 heteroatoms. The van der Waals surface area contributed by atoms with Gasteiger partial charge in [0.15, 0.2) is 5.65 Å². The highest BCUT2D eigenvalue weighted by molar-refractivity contribution is 7.16. The Morgan fingerprint density at radius 3 is 2.71 bits per heavy atom. The predicted molar refractivity (Wildman–Crippen MR) is 123 cm³/mol. The Morgan fingerprint density at radius 2 is 1.94 bits per heavy atom. The molecule has 0 amide bonds. The zero-order valence-electron chi connectivity index (χ0n) is 17.1. The lowest BCUT2D eigenvalue weighted by atomic mass is 10.1. The molecule has 154 valence electrons. The standard InChI is InChI=1S/C23H20N6OS/c1-15-12-29(13-24-15)19-9-8-17(11-20(19)30-2)26-23-27-18(10-16-6-4-3-5-7-16)21-22(28-23)25-14-31-21/h3-9,11-14H,10H2,1-2H3,(H,26,27,28). The first-order chi connectivity index (χ1) is 15.2. The van der Waals surface area contributed by atoms with Gasteiger partial charge in [0.25, 0.3) is 0 Å². The molecule has 0 aliphatic rings. The molecule has 0 spiro atoms. The van der Waals surface area contributed by atoms with Crippen molar-refractivity contribution in [3.8, 4) is 11.4 Å². The Balaban J connectivity index is 1.47. The maximum atomic E-state index is 5.61. The van der Waals surface area contributed by atoms with E-state index in [4.69, 9.17) is 9.72 Å². The van der Waals surface area contributed by atoms with Gasteiger partial charge in [-0.05, 0) is 24.6 Å². The minimum atomic E-state index is 0.512. The van der Waals surface area contributed by atoms with E-state index in [1.54, 1.807) is 24.8 Å². The quantitative estimate of drug-likeness (QED) is 0.413. The number of hydrogen-bond donors (Lipinski definition) is 1. The van der Waals surface area contributed by atoms with Gasteiger partial charge in [0, 0.05) is 24.4 Å². The van der Waals surface area contributed by atoms with Crippen molar-refractivity contribution in [2.75, 3.05) is 12.4 Å². The van der Waals surface area contributed by atoms with Gasteiger partial charge >= 0.3 is 0 Å². The van der Waals surface area contributed by atoms with E-state index in [2.05, 4.69) is 32.4 Å². The van der Waals surface area contributed by atoms with Crippen LogP contribution in [0.4, 0.5) is 11.6 Å². The molecule has 0 aliphatic carbocycles. The van der Waals surface area contributed by atoms with E-state index in [0.29, 0.717) is 11.6 Å². The summed E-state index contributed by atoms with van der Waals surface area (Å²) in [6.07, 6.45) is 4.45. The minimum Gasteiger partial charge on any atom is -0.494 e. The molecule has 7 nitrogen and oxygen atoms in total. The number of nitrogens with zero attached hydrogens (tertiary/aromatic N) is 5. The Bertz CT molecular complexity index is 1340. The second kappa shape index (κ2) is 8.16. The average molecular weight is 429 g/mol. The monoisotopic (exact) mass is 428 g/mol. The molecule has 3 aromatic heterocycles. The molecule has 0 bridgehead atoms. The highest BCUT2D eigenvalue weighted by Gasteiger charge is 2.13. The number of hydrogen-bond acceptors (Lipinski definition) is 7. The number of ether oxygens (including phenoxy) is 1. The van der Waals surface area contributed by atoms with E-state index >= 15 is 0 Å². The number of methoxy groups -OCH3 is 1. The van der Waals surface area contributed by atoms with Crippen LogP contribution in [0.15, 0.2) is 66.6 Å². The zero-order chi connectivity index (χ0) is 21.2. The van der Waals surface area contributed by atoms with Crippen LogP contribution in [0.3, 0.4) is 0 Å². The third kappa shape index (κ3) is 3.97. The summed E-state index contributed by atoms with van der Waals surface area (Å²) in [5.41, 5.74) is 7.35. The molecule has 0 aliphatic heterocycles. The Hall–Kier alpha value is -3.78. The van der Waals surface area contributed by atoms with E-state index < -0.39 is 0 Å². The molecule has 0 fully saturated rings. The van der Waals surface area contributed by atoms with Gasteiger partial charge in [-0.2, -0.15) is 4.98 Å². The SMILES string of the molecule is COc1cc(Nc2nc(Cc3ccccc3)c3scnc3n2)ccc1-n1cnc(C)c1. The van der Waals surface area contributed by atoms with Gasteiger partial charge in [0.05, 0.1) is 40.7 Å². The third-order valence-electron chi connectivity index (χ3n) is 4.90. The summed E-state index contributed by atoms with van der Waals surface area (Å²) in [6.45, 7) is 1.96. The number of anilines is 2. The molecule has 0 saturated carbocycles. The van der Waals surface area contributed by atoms with E-state index in [9.17, 15) is 0 Å². The van der Waals surface area contributed by atoms with Crippen molar-refractivity contribution in [2.24, 2.45) is 0 Å². The second-order valence-electron chi connectivity index (χ2n) is 7.10. The van der Waals surface area contributed by atoms with Crippen LogP contribution in [0, 0.1) is 6.92 Å². The molecule has 31 heavy (non-hydrogen) atoms. The fraction of sp³-hybridized carbons (Fsp3) is 0.130. The van der Waals surface area contributed by atoms with Crippen molar-refractivity contribution in [2.45, 2.75) is 13.3 Å². The number of thiazole rings is 1. The summed E-state index contributed by atoms with van der Waals surface area (Å²) in [5.74, 6) is 1.24. The molecule has 0 saturated heterocycles. The molecule has 0 radical (unpaired) electrons. The van der Waals surface area contributed by atoms with Crippen LogP contribution in [0.1, 0.15) is 17.0 Å². The number of imidazole rings is 1. The first-order valence-corrected chi connectivity index (χ1v) is 10.7. The predicted octanol–water partition coefficient (Wildman–Crippen LogP) is 4.92. The smallest absolute Gasteiger partial charge is 0.229 e. The van der Waals surface area contributed by atoms with E-state index in [1.165, 1.54) is 5.56 Å². The number of fused-ring (bicyclic) bond motifs is 1. The lowest BCUT2D eigenvalue weighted by Crippen LogP contribution is -2.03. The van der Waals surface area contributed by atoms with Gasteiger partial charge in [0.2, 0.25) is 5.95 Å². The molecule has 0 atom stereocenters. The van der Waals surface area contributed by atoms with E-state index in [-0.39, 0.29) is 0 Å². The van der Waals surface area contributed by atoms with Crippen molar-refractivity contribution >= 4 is 33.3 Å². The molecule has 0 unspecified atom stereocenters. The van der Waals surface area contributed by atoms with Gasteiger partial charge < -0.3 is 14.6 Å². The van der Waals surface area contributed by atoms with Crippen molar-refractivity contribution in [1.82, 2.24) is 24.5 Å². The summed E-state index contributed by atoms with van der Waals surface area (Å²) < 4.78 is 8.56. The normalized spacial score (nSPS) is 11.0. The number of rotatable bonds is 6. The van der Waals surface area contributed by atoms with E-state index in [0.717, 1.165) is 39.6 Å². The van der Waals surface area contributed by atoms with Gasteiger partial charge in [-0.3, -0.25) is 0 Å². The van der Waals surface area contributed by atoms with Gasteiger partial charge in [-0.15, -0.1) is 11.3 Å². The largest absolute Gasteiger partial charge is 0.494 e. The van der Waals surface area contributed by atoms with Crippen LogP contribution >= 0.6 is 11.3 Å². The van der Waals surface area contributed by atoms with Crippen LogP contribution in [0.25, 0.3) is 16.0 Å². The molecular weight excluding hydrogens is 408 g/mol. The van der Waals surface area contributed by atoms with Crippen LogP contribution in [-0.2, 0) is 6.42 Å². The van der Waals surface area contributed by atoms with Crippen molar-refractivity contribution in [1.29, 1.82) is 0 Å². The van der Waals surface area contributed by atoms with Crippen LogP contribution in [0.2, 0.25) is 0 Å². The van der Waals surface area contributed by atoms with Crippen molar-refractivity contribution in [3.63, 3.8) is 0 Å². The molecule has 5 aromatic rings. The summed E-state index contributed by atoms with van der Waals surface area (Å²) >= 11 is 1.56. The van der Waals surface area contributed by atoms with Gasteiger partial charge in [-0.25, -0.2) is 15.0 Å². The second-order valence-corrected chi connectivity index (χ2v) is 7.95. The summed E-state index contributed by atoms with van der Waals surface area (Å²) in [4.78, 5) is 18.1. The maximum absolute atomic E-state index is 5.61. The summed E-state index contributed by atoms with van der Waals surface area (Å²) in [6, 6.07) is 16.2. The molecule has 3 heterocycles. The first-order valence-electron chi connectivity index (χ1n) is 9.79. The highest BCUT2D eigenvalue weighted by atomic mass is 32.1. The maximum Gasteiger partial charge on any atom is 0.229 e. The fourth-order valence-electron chi connectivity index (χ4n) is 3.44. The Labute approximate surface area is 183 Å². The van der Waals surface area contributed by atoms with Gasteiger partial charge in [-0.1, -0.05) is 30.3 Å². The van der Waals surface area contributed by atoms with Crippen molar-refractivity contribution in [3.05, 3.63) is 83.5 Å². The summed E-state index contributed by atoms with van der Waals surface area (Å²) in [7, 11) is 1.65. The molecule has 1 N–H and O–H groups in total. The Kier molecular flexibility index (Phi) is 5.05. The number of benzene rings is 2. The number of nitrogens with one attached hydrogen (secondary N) is 1. The van der Waals surface area contributed by atoms with Crippen LogP contribution < -0.4 is 10.1 Å². The molecular formula is C23H20N6OS.